The molecule has 0 aliphatic heterocycles. The van der Waals surface area contributed by atoms with Gasteiger partial charge in [0.15, 0.2) is 0 Å². The van der Waals surface area contributed by atoms with Gasteiger partial charge >= 0.3 is 0 Å². The van der Waals surface area contributed by atoms with Gasteiger partial charge in [0.2, 0.25) is 0 Å². The molecular formula is C46H31N. The van der Waals surface area contributed by atoms with Gasteiger partial charge in [-0.25, -0.2) is 0 Å². The number of hydrogen-bond acceptors (Lipinski definition) is 1. The molecule has 9 rings (SSSR count). The third-order valence-electron chi connectivity index (χ3n) is 9.41. The number of hydrogen-bond donors (Lipinski definition) is 0. The summed E-state index contributed by atoms with van der Waals surface area (Å²) in [5, 5.41) is 10.0. The van der Waals surface area contributed by atoms with Crippen molar-refractivity contribution in [1.82, 2.24) is 0 Å². The van der Waals surface area contributed by atoms with Crippen molar-refractivity contribution in [3.05, 3.63) is 188 Å². The van der Waals surface area contributed by atoms with Crippen LogP contribution in [0.5, 0.6) is 0 Å². The molecule has 0 N–H and O–H groups in total. The largest absolute Gasteiger partial charge is 0.309 e. The quantitative estimate of drug-likeness (QED) is 0.178. The zero-order chi connectivity index (χ0) is 31.2. The Balaban J connectivity index is 1.31. The molecule has 9 aromatic carbocycles. The van der Waals surface area contributed by atoms with Crippen molar-refractivity contribution in [3.63, 3.8) is 0 Å². The van der Waals surface area contributed by atoms with Crippen LogP contribution >= 0.6 is 0 Å². The van der Waals surface area contributed by atoms with Crippen LogP contribution in [-0.2, 0) is 0 Å². The summed E-state index contributed by atoms with van der Waals surface area (Å²) in [6, 6.07) is 68.3. The molecule has 47 heavy (non-hydrogen) atoms. The van der Waals surface area contributed by atoms with Gasteiger partial charge in [0, 0.05) is 16.6 Å². The molecule has 0 saturated heterocycles. The van der Waals surface area contributed by atoms with Crippen molar-refractivity contribution >= 4 is 60.2 Å². The van der Waals surface area contributed by atoms with E-state index in [4.69, 9.17) is 0 Å². The molecule has 0 atom stereocenters. The smallest absolute Gasteiger partial charge is 0.0546 e. The Kier molecular flexibility index (Phi) is 6.54. The Morgan fingerprint density at radius 3 is 1.70 bits per heavy atom. The first-order chi connectivity index (χ1) is 23.3. The summed E-state index contributed by atoms with van der Waals surface area (Å²) in [6.07, 6.45) is 0. The van der Waals surface area contributed by atoms with Gasteiger partial charge < -0.3 is 4.90 Å². The molecule has 1 heteroatoms. The molecule has 0 radical (unpaired) electrons. The Hall–Kier alpha value is -6.18. The zero-order valence-electron chi connectivity index (χ0n) is 25.8. The van der Waals surface area contributed by atoms with Gasteiger partial charge in [-0.15, -0.1) is 0 Å². The van der Waals surface area contributed by atoms with Gasteiger partial charge in [-0.1, -0.05) is 158 Å². The molecule has 9 aromatic rings. The molecule has 0 spiro atoms. The van der Waals surface area contributed by atoms with Gasteiger partial charge in [0.05, 0.1) is 11.4 Å². The molecular weight excluding hydrogens is 567 g/mol. The highest BCUT2D eigenvalue weighted by atomic mass is 15.1. The monoisotopic (exact) mass is 597 g/mol. The normalized spacial score (nSPS) is 11.4. The van der Waals surface area contributed by atoms with Crippen LogP contribution in [0.2, 0.25) is 0 Å². The van der Waals surface area contributed by atoms with Gasteiger partial charge in [-0.05, 0) is 84.7 Å². The lowest BCUT2D eigenvalue weighted by molar-refractivity contribution is 1.30. The van der Waals surface area contributed by atoms with Crippen molar-refractivity contribution < 1.29 is 0 Å². The first kappa shape index (κ1) is 27.2. The Bertz CT molecular complexity index is 2550. The van der Waals surface area contributed by atoms with Crippen LogP contribution < -0.4 is 4.90 Å². The molecule has 1 nitrogen and oxygen atoms in total. The van der Waals surface area contributed by atoms with Gasteiger partial charge in [-0.2, -0.15) is 0 Å². The van der Waals surface area contributed by atoms with E-state index in [2.05, 4.69) is 193 Å². The third-order valence-corrected chi connectivity index (χ3v) is 9.41. The van der Waals surface area contributed by atoms with E-state index in [-0.39, 0.29) is 0 Å². The highest BCUT2D eigenvalue weighted by molar-refractivity contribution is 6.24. The first-order valence-corrected chi connectivity index (χ1v) is 16.2. The predicted octanol–water partition coefficient (Wildman–Crippen LogP) is 13.1. The van der Waals surface area contributed by atoms with Gasteiger partial charge in [-0.3, -0.25) is 0 Å². The average Bonchev–Trinajstić information content (AvgIpc) is 3.15. The maximum atomic E-state index is 2.45. The number of benzene rings is 9. The predicted molar refractivity (Wildman–Crippen MR) is 202 cm³/mol. The third kappa shape index (κ3) is 4.72. The first-order valence-electron chi connectivity index (χ1n) is 16.2. The van der Waals surface area contributed by atoms with Crippen LogP contribution in [0.3, 0.4) is 0 Å². The Morgan fingerprint density at radius 2 is 0.894 bits per heavy atom. The second kappa shape index (κ2) is 11.3. The van der Waals surface area contributed by atoms with E-state index in [1.54, 1.807) is 0 Å². The van der Waals surface area contributed by atoms with E-state index in [0.717, 1.165) is 17.1 Å². The summed E-state index contributed by atoms with van der Waals surface area (Å²) in [5.41, 5.74) is 8.21. The molecule has 0 heterocycles. The summed E-state index contributed by atoms with van der Waals surface area (Å²) < 4.78 is 0. The number of rotatable bonds is 5. The average molecular weight is 598 g/mol. The summed E-state index contributed by atoms with van der Waals surface area (Å²) in [5.74, 6) is 0. The van der Waals surface area contributed by atoms with Crippen LogP contribution in [0.4, 0.5) is 17.1 Å². The zero-order valence-corrected chi connectivity index (χ0v) is 25.8. The van der Waals surface area contributed by atoms with E-state index in [0.29, 0.717) is 0 Å². The molecule has 0 aliphatic carbocycles. The molecule has 0 fully saturated rings. The molecule has 0 aliphatic rings. The van der Waals surface area contributed by atoms with Crippen LogP contribution in [0.25, 0.3) is 65.3 Å². The van der Waals surface area contributed by atoms with Crippen molar-refractivity contribution in [2.45, 2.75) is 0 Å². The summed E-state index contributed by atoms with van der Waals surface area (Å²) in [4.78, 5) is 2.45. The minimum Gasteiger partial charge on any atom is -0.309 e. The van der Waals surface area contributed by atoms with Crippen LogP contribution in [-0.4, -0.2) is 0 Å². The van der Waals surface area contributed by atoms with E-state index in [9.17, 15) is 0 Å². The van der Waals surface area contributed by atoms with E-state index < -0.39 is 0 Å². The molecule has 0 aromatic heterocycles. The fraction of sp³-hybridized carbons (Fsp3) is 0. The second-order valence-corrected chi connectivity index (χ2v) is 12.2. The van der Waals surface area contributed by atoms with Crippen molar-refractivity contribution in [2.24, 2.45) is 0 Å². The highest BCUT2D eigenvalue weighted by Crippen LogP contribution is 2.46. The lowest BCUT2D eigenvalue weighted by atomic mass is 9.93. The highest BCUT2D eigenvalue weighted by Gasteiger charge is 2.21. The minimum absolute atomic E-state index is 1.11. The van der Waals surface area contributed by atoms with E-state index in [1.807, 2.05) is 0 Å². The molecule has 0 bridgehead atoms. The summed E-state index contributed by atoms with van der Waals surface area (Å²) in [7, 11) is 0. The fourth-order valence-electron chi connectivity index (χ4n) is 7.15. The standard InChI is InChI=1S/C46H31N/c1-2-13-34(14-3-1)40-18-10-11-21-44(40)47(39-27-24-33(25-28-39)37-23-22-32-12-4-5-16-36(32)30-37)45-31-38-17-7-9-20-42(38)46-41-19-8-6-15-35(41)26-29-43(45)46/h1-31H. The number of nitrogens with zero attached hydrogens (tertiary/aromatic N) is 1. The molecule has 0 amide bonds. The Morgan fingerprint density at radius 1 is 0.298 bits per heavy atom. The number of para-hydroxylation sites is 1. The Labute approximate surface area is 274 Å². The van der Waals surface area contributed by atoms with Crippen molar-refractivity contribution in [3.8, 4) is 22.3 Å². The van der Waals surface area contributed by atoms with Gasteiger partial charge in [0.25, 0.3) is 0 Å². The van der Waals surface area contributed by atoms with Crippen LogP contribution in [0, 0.1) is 0 Å². The number of fused-ring (bicyclic) bond motifs is 6. The fourth-order valence-corrected chi connectivity index (χ4v) is 7.15. The van der Waals surface area contributed by atoms with E-state index in [1.165, 1.54) is 65.3 Å². The van der Waals surface area contributed by atoms with Gasteiger partial charge in [0.1, 0.15) is 0 Å². The maximum absolute atomic E-state index is 2.45. The van der Waals surface area contributed by atoms with Crippen molar-refractivity contribution in [1.29, 1.82) is 0 Å². The molecule has 0 unspecified atom stereocenters. The van der Waals surface area contributed by atoms with E-state index >= 15 is 0 Å². The van der Waals surface area contributed by atoms with Crippen LogP contribution in [0.1, 0.15) is 0 Å². The van der Waals surface area contributed by atoms with Crippen molar-refractivity contribution in [2.75, 3.05) is 4.90 Å². The lowest BCUT2D eigenvalue weighted by Gasteiger charge is -2.30. The maximum Gasteiger partial charge on any atom is 0.0546 e. The SMILES string of the molecule is c1ccc(-c2ccccc2N(c2ccc(-c3ccc4ccccc4c3)cc2)c2cc3ccccc3c3c2ccc2ccccc23)cc1. The topological polar surface area (TPSA) is 3.24 Å². The molecule has 0 saturated carbocycles. The minimum atomic E-state index is 1.11. The molecule has 220 valence electrons. The summed E-state index contributed by atoms with van der Waals surface area (Å²) in [6.45, 7) is 0. The number of anilines is 3. The summed E-state index contributed by atoms with van der Waals surface area (Å²) >= 11 is 0. The van der Waals surface area contributed by atoms with Crippen LogP contribution in [0.15, 0.2) is 188 Å². The lowest BCUT2D eigenvalue weighted by Crippen LogP contribution is -2.12. The second-order valence-electron chi connectivity index (χ2n) is 12.2.